The van der Waals surface area contributed by atoms with Gasteiger partial charge in [-0.1, -0.05) is 11.6 Å². The Hall–Kier alpha value is -0.580. The van der Waals surface area contributed by atoms with Crippen LogP contribution < -0.4 is 0 Å². The van der Waals surface area contributed by atoms with Gasteiger partial charge in [-0.15, -0.1) is 0 Å². The second-order valence-corrected chi connectivity index (χ2v) is 5.96. The lowest BCUT2D eigenvalue weighted by molar-refractivity contribution is 0.0208. The summed E-state index contributed by atoms with van der Waals surface area (Å²) in [4.78, 5) is 2.56. The molecule has 0 aromatic carbocycles. The van der Waals surface area contributed by atoms with Crippen LogP contribution in [0.5, 0.6) is 0 Å². The number of hydrogen-bond donors (Lipinski definition) is 0. The molecule has 0 N–H and O–H groups in total. The summed E-state index contributed by atoms with van der Waals surface area (Å²) in [6, 6.07) is 0. The van der Waals surface area contributed by atoms with Crippen molar-refractivity contribution in [1.29, 1.82) is 0 Å². The normalized spacial score (nSPS) is 23.2. The third-order valence-corrected chi connectivity index (χ3v) is 4.13. The van der Waals surface area contributed by atoms with Crippen molar-refractivity contribution >= 4 is 11.6 Å². The highest BCUT2D eigenvalue weighted by Gasteiger charge is 2.29. The number of nitrogens with zero attached hydrogens (tertiary/aromatic N) is 3. The summed E-state index contributed by atoms with van der Waals surface area (Å²) in [5.74, 6) is 1.58. The molecule has 18 heavy (non-hydrogen) atoms. The Bertz CT molecular complexity index is 383. The third-order valence-electron chi connectivity index (χ3n) is 3.94. The average Bonchev–Trinajstić information content (AvgIpc) is 2.73. The minimum Gasteiger partial charge on any atom is -0.381 e. The van der Waals surface area contributed by atoms with Crippen LogP contribution in [0.25, 0.3) is 0 Å². The quantitative estimate of drug-likeness (QED) is 0.836. The highest BCUT2D eigenvalue weighted by atomic mass is 35.5. The van der Waals surface area contributed by atoms with E-state index in [0.717, 1.165) is 36.6 Å². The lowest BCUT2D eigenvalue weighted by Crippen LogP contribution is -2.50. The first kappa shape index (κ1) is 12.5. The van der Waals surface area contributed by atoms with E-state index in [-0.39, 0.29) is 0 Å². The summed E-state index contributed by atoms with van der Waals surface area (Å²) < 4.78 is 7.35. The van der Waals surface area contributed by atoms with Gasteiger partial charge >= 0.3 is 0 Å². The van der Waals surface area contributed by atoms with Crippen LogP contribution in [0.1, 0.15) is 12.8 Å². The highest BCUT2D eigenvalue weighted by molar-refractivity contribution is 6.30. The number of hydrogen-bond acceptors (Lipinski definition) is 3. The van der Waals surface area contributed by atoms with E-state index in [9.17, 15) is 0 Å². The molecule has 2 aliphatic rings. The molecular weight excluding hydrogens is 250 g/mol. The van der Waals surface area contributed by atoms with Gasteiger partial charge in [-0.05, 0) is 18.8 Å². The van der Waals surface area contributed by atoms with Gasteiger partial charge in [0.25, 0.3) is 0 Å². The maximum Gasteiger partial charge on any atom is 0.0785 e. The van der Waals surface area contributed by atoms with Crippen LogP contribution in [-0.4, -0.2) is 47.5 Å². The molecule has 1 aromatic rings. The van der Waals surface area contributed by atoms with E-state index in [2.05, 4.69) is 10.00 Å². The molecule has 0 bridgehead atoms. The molecule has 0 atom stereocenters. The van der Waals surface area contributed by atoms with Gasteiger partial charge in [-0.25, -0.2) is 0 Å². The number of halogens is 1. The minimum atomic E-state index is 0.730. The molecular formula is C13H20ClN3O. The standard InChI is InChI=1S/C13H20ClN3O/c14-13-5-15-17(10-13)9-12-7-16(8-12)6-11-1-3-18-4-2-11/h5,10-12H,1-4,6-9H2. The van der Waals surface area contributed by atoms with Crippen molar-refractivity contribution in [2.24, 2.45) is 11.8 Å². The van der Waals surface area contributed by atoms with Gasteiger partial charge < -0.3 is 9.64 Å². The molecule has 3 rings (SSSR count). The van der Waals surface area contributed by atoms with Crippen LogP contribution in [-0.2, 0) is 11.3 Å². The summed E-state index contributed by atoms with van der Waals surface area (Å²) in [7, 11) is 0. The van der Waals surface area contributed by atoms with Crippen molar-refractivity contribution in [2.45, 2.75) is 19.4 Å². The van der Waals surface area contributed by atoms with Gasteiger partial charge in [0.15, 0.2) is 0 Å². The molecule has 2 fully saturated rings. The second kappa shape index (κ2) is 5.59. The molecule has 0 aliphatic carbocycles. The maximum atomic E-state index is 5.86. The Morgan fingerprint density at radius 3 is 2.67 bits per heavy atom. The molecule has 4 nitrogen and oxygen atoms in total. The molecule has 1 aromatic heterocycles. The lowest BCUT2D eigenvalue weighted by Gasteiger charge is -2.41. The zero-order valence-electron chi connectivity index (χ0n) is 10.6. The molecule has 0 spiro atoms. The van der Waals surface area contributed by atoms with Crippen LogP contribution in [0.15, 0.2) is 12.4 Å². The Balaban J connectivity index is 1.37. The van der Waals surface area contributed by atoms with Gasteiger partial charge in [-0.3, -0.25) is 4.68 Å². The Morgan fingerprint density at radius 2 is 2.00 bits per heavy atom. The van der Waals surface area contributed by atoms with Crippen molar-refractivity contribution in [1.82, 2.24) is 14.7 Å². The Morgan fingerprint density at radius 1 is 1.22 bits per heavy atom. The smallest absolute Gasteiger partial charge is 0.0785 e. The monoisotopic (exact) mass is 269 g/mol. The summed E-state index contributed by atoms with van der Waals surface area (Å²) in [5.41, 5.74) is 0. The van der Waals surface area contributed by atoms with Gasteiger partial charge in [-0.2, -0.15) is 5.10 Å². The zero-order chi connectivity index (χ0) is 12.4. The molecule has 0 saturated carbocycles. The topological polar surface area (TPSA) is 30.3 Å². The summed E-state index contributed by atoms with van der Waals surface area (Å²) >= 11 is 5.86. The van der Waals surface area contributed by atoms with Crippen molar-refractivity contribution in [3.8, 4) is 0 Å². The first-order valence-electron chi connectivity index (χ1n) is 6.77. The SMILES string of the molecule is Clc1cnn(CC2CN(CC3CCOCC3)C2)c1. The molecule has 0 amide bonds. The third kappa shape index (κ3) is 3.05. The molecule has 0 radical (unpaired) electrons. The highest BCUT2D eigenvalue weighted by Crippen LogP contribution is 2.23. The van der Waals surface area contributed by atoms with Crippen molar-refractivity contribution in [3.63, 3.8) is 0 Å². The van der Waals surface area contributed by atoms with Crippen LogP contribution in [0, 0.1) is 11.8 Å². The summed E-state index contributed by atoms with van der Waals surface area (Å²) in [6.45, 7) is 6.56. The molecule has 2 saturated heterocycles. The fraction of sp³-hybridized carbons (Fsp3) is 0.769. The summed E-state index contributed by atoms with van der Waals surface area (Å²) in [6.07, 6.45) is 6.08. The van der Waals surface area contributed by atoms with Crippen LogP contribution >= 0.6 is 11.6 Å². The van der Waals surface area contributed by atoms with Gasteiger partial charge in [0.2, 0.25) is 0 Å². The van der Waals surface area contributed by atoms with E-state index in [4.69, 9.17) is 16.3 Å². The molecule has 3 heterocycles. The van der Waals surface area contributed by atoms with Gasteiger partial charge in [0.1, 0.15) is 0 Å². The molecule has 2 aliphatic heterocycles. The predicted octanol–water partition coefficient (Wildman–Crippen LogP) is 1.89. The van der Waals surface area contributed by atoms with Crippen molar-refractivity contribution in [2.75, 3.05) is 32.8 Å². The number of aromatic nitrogens is 2. The predicted molar refractivity (Wildman–Crippen MR) is 70.7 cm³/mol. The fourth-order valence-corrected chi connectivity index (χ4v) is 3.09. The van der Waals surface area contributed by atoms with Crippen LogP contribution in [0.4, 0.5) is 0 Å². The minimum absolute atomic E-state index is 0.730. The van der Waals surface area contributed by atoms with E-state index >= 15 is 0 Å². The largest absolute Gasteiger partial charge is 0.381 e. The van der Waals surface area contributed by atoms with E-state index in [0.29, 0.717) is 0 Å². The van der Waals surface area contributed by atoms with Crippen molar-refractivity contribution in [3.05, 3.63) is 17.4 Å². The van der Waals surface area contributed by atoms with Gasteiger partial charge in [0, 0.05) is 51.5 Å². The second-order valence-electron chi connectivity index (χ2n) is 5.52. The molecule has 5 heteroatoms. The first-order valence-corrected chi connectivity index (χ1v) is 7.15. The van der Waals surface area contributed by atoms with E-state index < -0.39 is 0 Å². The number of ether oxygens (including phenoxy) is 1. The Labute approximate surface area is 113 Å². The lowest BCUT2D eigenvalue weighted by atomic mass is 9.94. The Kier molecular flexibility index (Phi) is 3.87. The average molecular weight is 270 g/mol. The van der Waals surface area contributed by atoms with Crippen LogP contribution in [0.2, 0.25) is 5.02 Å². The van der Waals surface area contributed by atoms with Crippen molar-refractivity contribution < 1.29 is 4.74 Å². The van der Waals surface area contributed by atoms with Crippen LogP contribution in [0.3, 0.4) is 0 Å². The van der Waals surface area contributed by atoms with E-state index in [1.165, 1.54) is 32.5 Å². The molecule has 0 unspecified atom stereocenters. The summed E-state index contributed by atoms with van der Waals surface area (Å²) in [5, 5.41) is 4.96. The number of rotatable bonds is 4. The maximum absolute atomic E-state index is 5.86. The van der Waals surface area contributed by atoms with E-state index in [1.54, 1.807) is 6.20 Å². The number of likely N-dealkylation sites (tertiary alicyclic amines) is 1. The fourth-order valence-electron chi connectivity index (χ4n) is 2.94. The zero-order valence-corrected chi connectivity index (χ0v) is 11.4. The van der Waals surface area contributed by atoms with Gasteiger partial charge in [0.05, 0.1) is 11.2 Å². The molecule has 100 valence electrons. The first-order chi connectivity index (χ1) is 8.79. The van der Waals surface area contributed by atoms with E-state index in [1.807, 2.05) is 10.9 Å².